The number of carboxylic acid groups (broad SMARTS) is 3. The average Bonchev–Trinajstić information content (AvgIpc) is 2.99. The van der Waals surface area contributed by atoms with E-state index in [0.717, 1.165) is 0 Å². The van der Waals surface area contributed by atoms with Crippen LogP contribution in [0.25, 0.3) is 0 Å². The average molecular weight is 653 g/mol. The predicted molar refractivity (Wildman–Crippen MR) is 165 cm³/mol. The maximum Gasteiger partial charge on any atom is 0.317 e. The minimum atomic E-state index is -1.01. The van der Waals surface area contributed by atoms with Crippen LogP contribution in [0.2, 0.25) is 0 Å². The molecule has 264 valence electrons. The van der Waals surface area contributed by atoms with Crippen LogP contribution in [-0.2, 0) is 38.1 Å². The molecule has 1 aliphatic heterocycles. The molecule has 1 amide bonds. The summed E-state index contributed by atoms with van der Waals surface area (Å²) < 4.78 is 21.5. The van der Waals surface area contributed by atoms with Gasteiger partial charge in [0.15, 0.2) is 0 Å². The number of nitrogens with zero attached hydrogens (tertiary/aromatic N) is 4. The van der Waals surface area contributed by atoms with Crippen molar-refractivity contribution in [1.29, 1.82) is 0 Å². The number of carboxylic acids is 3. The number of nitrogens with one attached hydrogen (secondary N) is 1. The molecule has 45 heavy (non-hydrogen) atoms. The minimum absolute atomic E-state index is 0.0489. The highest BCUT2D eigenvalue weighted by Crippen LogP contribution is 2.01. The van der Waals surface area contributed by atoms with Gasteiger partial charge in [0.05, 0.1) is 79.0 Å². The van der Waals surface area contributed by atoms with Crippen molar-refractivity contribution >= 4 is 23.8 Å². The number of amides is 1. The van der Waals surface area contributed by atoms with Gasteiger partial charge >= 0.3 is 17.9 Å². The standard InChI is InChI=1S/C26H50N6O11.C2H6/c27-1-11-40-13-15-42-17-18-43-16-14-41-12-2-28-23(33)19-29-3-5-30(20-24(34)35)7-9-32(22-26(38)39)10-8-31(6-4-29)21-25(36)37;1-2/h1-22,27H2,(H,28,33)(H,34,35)(H,36,37)(H,38,39);1-2H3. The molecule has 0 aromatic carbocycles. The number of nitrogens with two attached hydrogens (primary N) is 1. The van der Waals surface area contributed by atoms with Gasteiger partial charge in [0.25, 0.3) is 0 Å². The van der Waals surface area contributed by atoms with Gasteiger partial charge < -0.3 is 45.3 Å². The molecule has 0 atom stereocenters. The third-order valence-electron chi connectivity index (χ3n) is 6.32. The van der Waals surface area contributed by atoms with Crippen molar-refractivity contribution < 1.29 is 53.4 Å². The number of ether oxygens (including phenoxy) is 4. The van der Waals surface area contributed by atoms with Crippen molar-refractivity contribution in [3.05, 3.63) is 0 Å². The summed E-state index contributed by atoms with van der Waals surface area (Å²) in [6.45, 7) is 10.3. The zero-order valence-electron chi connectivity index (χ0n) is 27.0. The summed E-state index contributed by atoms with van der Waals surface area (Å²) in [5, 5.41) is 30.7. The Hall–Kier alpha value is -2.48. The van der Waals surface area contributed by atoms with Crippen molar-refractivity contribution in [1.82, 2.24) is 24.9 Å². The van der Waals surface area contributed by atoms with Crippen LogP contribution in [0, 0.1) is 0 Å². The number of carbonyl (C=O) groups is 4. The smallest absolute Gasteiger partial charge is 0.317 e. The summed E-state index contributed by atoms with van der Waals surface area (Å²) in [4.78, 5) is 53.7. The van der Waals surface area contributed by atoms with Crippen molar-refractivity contribution in [3.63, 3.8) is 0 Å². The summed E-state index contributed by atoms with van der Waals surface area (Å²) in [6, 6.07) is 0. The van der Waals surface area contributed by atoms with Gasteiger partial charge in [-0.25, -0.2) is 0 Å². The van der Waals surface area contributed by atoms with E-state index in [-0.39, 0.29) is 32.1 Å². The van der Waals surface area contributed by atoms with Crippen LogP contribution >= 0.6 is 0 Å². The van der Waals surface area contributed by atoms with Gasteiger partial charge in [0.1, 0.15) is 0 Å². The molecule has 1 saturated heterocycles. The Labute approximate surface area is 266 Å². The summed E-state index contributed by atoms with van der Waals surface area (Å²) in [6.07, 6.45) is 0. The van der Waals surface area contributed by atoms with Crippen LogP contribution in [0.4, 0.5) is 0 Å². The molecule has 0 aromatic heterocycles. The highest BCUT2D eigenvalue weighted by Gasteiger charge is 2.21. The van der Waals surface area contributed by atoms with E-state index in [2.05, 4.69) is 5.32 Å². The van der Waals surface area contributed by atoms with E-state index in [9.17, 15) is 34.5 Å². The largest absolute Gasteiger partial charge is 0.480 e. The quantitative estimate of drug-likeness (QED) is 0.0772. The summed E-state index contributed by atoms with van der Waals surface area (Å²) in [7, 11) is 0. The molecule has 1 heterocycles. The first-order valence-electron chi connectivity index (χ1n) is 15.5. The van der Waals surface area contributed by atoms with Gasteiger partial charge in [-0.15, -0.1) is 0 Å². The summed E-state index contributed by atoms with van der Waals surface area (Å²) >= 11 is 0. The monoisotopic (exact) mass is 652 g/mol. The molecule has 1 fully saturated rings. The molecule has 0 radical (unpaired) electrons. The first-order valence-corrected chi connectivity index (χ1v) is 15.5. The van der Waals surface area contributed by atoms with Crippen molar-refractivity contribution in [3.8, 4) is 0 Å². The van der Waals surface area contributed by atoms with Gasteiger partial charge in [-0.2, -0.15) is 0 Å². The summed E-state index contributed by atoms with van der Waals surface area (Å²) in [5.41, 5.74) is 5.33. The van der Waals surface area contributed by atoms with Crippen LogP contribution in [-0.4, -0.2) is 203 Å². The molecule has 17 heteroatoms. The molecular formula is C28H56N6O11. The van der Waals surface area contributed by atoms with Gasteiger partial charge in [-0.3, -0.25) is 38.8 Å². The zero-order valence-corrected chi connectivity index (χ0v) is 27.0. The zero-order chi connectivity index (χ0) is 33.7. The Morgan fingerprint density at radius 3 is 1.13 bits per heavy atom. The predicted octanol–water partition coefficient (Wildman–Crippen LogP) is -2.37. The van der Waals surface area contributed by atoms with Gasteiger partial charge in [0.2, 0.25) is 5.91 Å². The highest BCUT2D eigenvalue weighted by atomic mass is 16.6. The minimum Gasteiger partial charge on any atom is -0.480 e. The molecule has 0 aromatic rings. The lowest BCUT2D eigenvalue weighted by Crippen LogP contribution is -2.50. The Morgan fingerprint density at radius 2 is 0.822 bits per heavy atom. The second-order valence-corrected chi connectivity index (χ2v) is 9.87. The van der Waals surface area contributed by atoms with Crippen LogP contribution in [0.3, 0.4) is 0 Å². The fourth-order valence-electron chi connectivity index (χ4n) is 4.15. The van der Waals surface area contributed by atoms with E-state index in [1.807, 2.05) is 18.7 Å². The normalized spacial score (nSPS) is 16.2. The van der Waals surface area contributed by atoms with Crippen molar-refractivity contribution in [2.24, 2.45) is 5.73 Å². The molecule has 0 spiro atoms. The number of hydrogen-bond donors (Lipinski definition) is 5. The van der Waals surface area contributed by atoms with Crippen molar-refractivity contribution in [2.45, 2.75) is 13.8 Å². The third kappa shape index (κ3) is 26.4. The van der Waals surface area contributed by atoms with Gasteiger partial charge in [0, 0.05) is 65.4 Å². The molecule has 0 bridgehead atoms. The first kappa shape index (κ1) is 42.5. The number of carbonyl (C=O) groups excluding carboxylic acids is 1. The Kier molecular flexibility index (Phi) is 27.4. The Balaban J connectivity index is 0.00000947. The fourth-order valence-corrected chi connectivity index (χ4v) is 4.15. The molecule has 1 aliphatic rings. The maximum atomic E-state index is 12.6. The lowest BCUT2D eigenvalue weighted by Gasteiger charge is -2.32. The first-order chi connectivity index (χ1) is 21.7. The lowest BCUT2D eigenvalue weighted by molar-refractivity contribution is -0.140. The highest BCUT2D eigenvalue weighted by molar-refractivity contribution is 5.78. The number of hydrogen-bond acceptors (Lipinski definition) is 13. The van der Waals surface area contributed by atoms with Gasteiger partial charge in [-0.05, 0) is 0 Å². The topological polar surface area (TPSA) is 217 Å². The van der Waals surface area contributed by atoms with Gasteiger partial charge in [-0.1, -0.05) is 13.8 Å². The molecule has 0 unspecified atom stereocenters. The lowest BCUT2D eigenvalue weighted by atomic mass is 10.3. The molecule has 0 aliphatic carbocycles. The SMILES string of the molecule is CC.NCCOCCOCCOCCOCCNC(=O)CN1CCN(CC(=O)O)CCN(CC(=O)O)CCN(CC(=O)O)CC1. The van der Waals surface area contributed by atoms with Crippen molar-refractivity contribution in [2.75, 3.05) is 144 Å². The van der Waals surface area contributed by atoms with E-state index >= 15 is 0 Å². The van der Waals surface area contributed by atoms with Crippen LogP contribution < -0.4 is 11.1 Å². The van der Waals surface area contributed by atoms with E-state index in [1.165, 1.54) is 0 Å². The number of aliphatic carboxylic acids is 3. The molecular weight excluding hydrogens is 596 g/mol. The second kappa shape index (κ2) is 29.0. The molecule has 17 nitrogen and oxygen atoms in total. The Bertz CT molecular complexity index is 764. The molecule has 0 saturated carbocycles. The van der Waals surface area contributed by atoms with E-state index in [1.54, 1.807) is 14.7 Å². The molecule has 6 N–H and O–H groups in total. The van der Waals surface area contributed by atoms with E-state index in [4.69, 9.17) is 24.7 Å². The van der Waals surface area contributed by atoms with E-state index in [0.29, 0.717) is 118 Å². The number of rotatable bonds is 22. The maximum absolute atomic E-state index is 12.6. The second-order valence-electron chi connectivity index (χ2n) is 9.87. The van der Waals surface area contributed by atoms with Crippen LogP contribution in [0.1, 0.15) is 13.8 Å². The molecule has 1 rings (SSSR count). The Morgan fingerprint density at radius 1 is 0.533 bits per heavy atom. The summed E-state index contributed by atoms with van der Waals surface area (Å²) in [5.74, 6) is -3.25. The van der Waals surface area contributed by atoms with Crippen LogP contribution in [0.5, 0.6) is 0 Å². The van der Waals surface area contributed by atoms with E-state index < -0.39 is 17.9 Å². The third-order valence-corrected chi connectivity index (χ3v) is 6.32. The fraction of sp³-hybridized carbons (Fsp3) is 0.857. The van der Waals surface area contributed by atoms with Crippen LogP contribution in [0.15, 0.2) is 0 Å².